The molecule has 13 heteroatoms. The largest absolute Gasteiger partial charge is 2.00 e. The molecule has 0 atom stereocenters. The fraction of sp³-hybridized carbons (Fsp3) is 0.385. The van der Waals surface area contributed by atoms with E-state index in [4.69, 9.17) is 0 Å². The average molecular weight is 711 g/mol. The van der Waals surface area contributed by atoms with Gasteiger partial charge in [0.25, 0.3) is 0 Å². The Morgan fingerprint density at radius 3 is 1.49 bits per heavy atom. The molecule has 0 spiro atoms. The fourth-order valence-corrected chi connectivity index (χ4v) is 5.14. The second-order valence-corrected chi connectivity index (χ2v) is 10.7. The molecule has 0 aromatic heterocycles. The molecule has 0 saturated heterocycles. The summed E-state index contributed by atoms with van der Waals surface area (Å²) in [6, 6.07) is 6.46. The Morgan fingerprint density at radius 2 is 1.13 bits per heavy atom. The van der Waals surface area contributed by atoms with Gasteiger partial charge in [0.2, 0.25) is 0 Å². The maximum atomic E-state index is 12.5. The Kier molecular flexibility index (Phi) is 13.6. The minimum atomic E-state index is -0.277. The molecule has 1 heterocycles. The zero-order valence-electron chi connectivity index (χ0n) is 20.9. The van der Waals surface area contributed by atoms with Crippen LogP contribution in [0.2, 0.25) is 0 Å². The van der Waals surface area contributed by atoms with Gasteiger partial charge >= 0.3 is 16.5 Å². The van der Waals surface area contributed by atoms with Crippen LogP contribution in [-0.2, 0) is 29.6 Å². The zero-order chi connectivity index (χ0) is 27.7. The SMILES string of the molecule is O=Cc1cc(Br)cc(CN2CCN=C([O-])CCN(Cc3cc(Br)cc(C=O)c3O)CCN=C([O-])CC2)c1O.[Ni+2]. The van der Waals surface area contributed by atoms with Crippen LogP contribution in [0.3, 0.4) is 0 Å². The number of nitrogens with zero attached hydrogens (tertiary/aromatic N) is 4. The molecule has 39 heavy (non-hydrogen) atoms. The Balaban J connectivity index is 0.00000533. The molecule has 1 aliphatic rings. The monoisotopic (exact) mass is 708 g/mol. The van der Waals surface area contributed by atoms with Crippen molar-refractivity contribution in [2.45, 2.75) is 25.9 Å². The molecule has 0 radical (unpaired) electrons. The number of phenols is 2. The number of rotatable bonds is 6. The van der Waals surface area contributed by atoms with Gasteiger partial charge in [0, 0.05) is 59.3 Å². The van der Waals surface area contributed by atoms with Crippen LogP contribution in [0.15, 0.2) is 43.2 Å². The van der Waals surface area contributed by atoms with Crippen molar-refractivity contribution in [3.05, 3.63) is 55.5 Å². The number of aromatic hydroxyl groups is 2. The van der Waals surface area contributed by atoms with Gasteiger partial charge in [-0.05, 0) is 48.9 Å². The first-order valence-electron chi connectivity index (χ1n) is 12.0. The van der Waals surface area contributed by atoms with Crippen molar-refractivity contribution in [3.8, 4) is 11.5 Å². The van der Waals surface area contributed by atoms with Crippen molar-refractivity contribution in [3.63, 3.8) is 0 Å². The van der Waals surface area contributed by atoms with E-state index in [1.54, 1.807) is 12.1 Å². The van der Waals surface area contributed by atoms with Gasteiger partial charge in [-0.3, -0.25) is 19.4 Å². The van der Waals surface area contributed by atoms with Gasteiger partial charge in [0.1, 0.15) is 11.5 Å². The molecule has 10 nitrogen and oxygen atoms in total. The molecular weight excluding hydrogens is 683 g/mol. The molecule has 0 unspecified atom stereocenters. The van der Waals surface area contributed by atoms with Gasteiger partial charge in [0.15, 0.2) is 12.6 Å². The van der Waals surface area contributed by atoms with Crippen molar-refractivity contribution >= 4 is 56.2 Å². The molecule has 3 rings (SSSR count). The van der Waals surface area contributed by atoms with Crippen LogP contribution in [0.5, 0.6) is 11.5 Å². The van der Waals surface area contributed by atoms with Gasteiger partial charge in [-0.2, -0.15) is 0 Å². The predicted octanol–water partition coefficient (Wildman–Crippen LogP) is 1.86. The van der Waals surface area contributed by atoms with Crippen LogP contribution >= 0.6 is 31.9 Å². The number of hydrogen-bond donors (Lipinski definition) is 2. The molecule has 0 bridgehead atoms. The molecule has 2 aromatic carbocycles. The molecule has 2 N–H and O–H groups in total. The predicted molar refractivity (Wildman–Crippen MR) is 147 cm³/mol. The normalized spacial score (nSPS) is 16.4. The molecule has 0 aliphatic carbocycles. The van der Waals surface area contributed by atoms with E-state index in [2.05, 4.69) is 41.8 Å². The number of carbonyl (C=O) groups excluding carboxylic acids is 2. The summed E-state index contributed by atoms with van der Waals surface area (Å²) in [7, 11) is 0. The minimum Gasteiger partial charge on any atom is -0.862 e. The zero-order valence-corrected chi connectivity index (χ0v) is 25.1. The number of carbonyl (C=O) groups is 2. The van der Waals surface area contributed by atoms with Crippen molar-refractivity contribution in [1.82, 2.24) is 9.80 Å². The third-order valence-corrected chi connectivity index (χ3v) is 7.02. The van der Waals surface area contributed by atoms with Gasteiger partial charge < -0.3 is 30.4 Å². The Morgan fingerprint density at radius 1 is 0.744 bits per heavy atom. The second kappa shape index (κ2) is 16.1. The van der Waals surface area contributed by atoms with E-state index < -0.39 is 0 Å². The maximum Gasteiger partial charge on any atom is 2.00 e. The topological polar surface area (TPSA) is 152 Å². The first-order valence-corrected chi connectivity index (χ1v) is 13.6. The van der Waals surface area contributed by atoms with Crippen molar-refractivity contribution in [1.29, 1.82) is 0 Å². The molecule has 0 amide bonds. The molecule has 212 valence electrons. The summed E-state index contributed by atoms with van der Waals surface area (Å²) >= 11 is 6.68. The minimum absolute atomic E-state index is 0. The van der Waals surface area contributed by atoms with Crippen LogP contribution < -0.4 is 10.2 Å². The van der Waals surface area contributed by atoms with E-state index in [-0.39, 0.29) is 89.9 Å². The molecule has 2 aromatic rings. The summed E-state index contributed by atoms with van der Waals surface area (Å²) in [5.74, 6) is -0.798. The first-order chi connectivity index (χ1) is 18.2. The van der Waals surface area contributed by atoms with E-state index in [0.717, 1.165) is 0 Å². The summed E-state index contributed by atoms with van der Waals surface area (Å²) in [4.78, 5) is 34.6. The summed E-state index contributed by atoms with van der Waals surface area (Å²) in [6.07, 6.45) is 1.42. The van der Waals surface area contributed by atoms with Gasteiger partial charge in [-0.15, -0.1) is 0 Å². The van der Waals surface area contributed by atoms with Gasteiger partial charge in [0.05, 0.1) is 24.2 Å². The summed E-state index contributed by atoms with van der Waals surface area (Å²) in [5, 5.41) is 45.8. The van der Waals surface area contributed by atoms with E-state index in [1.807, 2.05) is 9.80 Å². The Hall–Kier alpha value is -2.31. The van der Waals surface area contributed by atoms with Crippen molar-refractivity contribution in [2.75, 3.05) is 39.3 Å². The van der Waals surface area contributed by atoms with Gasteiger partial charge in [-0.1, -0.05) is 31.9 Å². The third kappa shape index (κ3) is 9.99. The maximum absolute atomic E-state index is 12.5. The number of phenolic OH excluding ortho intramolecular Hbond substituents is 2. The smallest absolute Gasteiger partial charge is 0.862 e. The fourth-order valence-electron chi connectivity index (χ4n) is 4.10. The summed E-state index contributed by atoms with van der Waals surface area (Å²) in [5.41, 5.74) is 1.35. The Labute approximate surface area is 253 Å². The van der Waals surface area contributed by atoms with Crippen LogP contribution in [-0.4, -0.2) is 83.6 Å². The van der Waals surface area contributed by atoms with Crippen LogP contribution in [0.4, 0.5) is 0 Å². The number of halogens is 2. The Bertz CT molecular complexity index is 1130. The molecule has 0 saturated carbocycles. The molecule has 0 fully saturated rings. The number of benzene rings is 2. The van der Waals surface area contributed by atoms with Crippen LogP contribution in [0.1, 0.15) is 44.7 Å². The van der Waals surface area contributed by atoms with E-state index in [1.165, 1.54) is 12.1 Å². The van der Waals surface area contributed by atoms with Crippen molar-refractivity contribution in [2.24, 2.45) is 9.98 Å². The molecule has 1 aliphatic heterocycles. The summed E-state index contributed by atoms with van der Waals surface area (Å²) < 4.78 is 1.28. The third-order valence-electron chi connectivity index (χ3n) is 6.10. The molecular formula is C26H28Br2N4NiO6. The number of aliphatic imine (C=N–C) groups is 2. The summed E-state index contributed by atoms with van der Waals surface area (Å²) in [6.45, 7) is 2.32. The van der Waals surface area contributed by atoms with E-state index >= 15 is 0 Å². The number of hydrogen-bond acceptors (Lipinski definition) is 10. The first kappa shape index (κ1) is 32.9. The van der Waals surface area contributed by atoms with Crippen molar-refractivity contribution < 1.29 is 46.5 Å². The van der Waals surface area contributed by atoms with E-state index in [0.29, 0.717) is 58.8 Å². The van der Waals surface area contributed by atoms with Crippen LogP contribution in [0, 0.1) is 0 Å². The van der Waals surface area contributed by atoms with Crippen LogP contribution in [0.25, 0.3) is 0 Å². The quantitative estimate of drug-likeness (QED) is 0.341. The second-order valence-electron chi connectivity index (χ2n) is 8.84. The van der Waals surface area contributed by atoms with E-state index in [9.17, 15) is 30.0 Å². The average Bonchev–Trinajstić information content (AvgIpc) is 2.88. The standard InChI is InChI=1S/C26H30Br2N4O6.Ni/c27-21-9-17(25(37)19(11-21)15-33)13-31-5-1-23(35)29-3-8-32(6-2-24(36)30-4-7-31)14-18-10-22(28)12-20(16-34)26(18)38;/h9-12,15-16,37-38H,1-8,13-14H2,(H,29,35)(H,30,36);/q;+2/p-2. The van der Waals surface area contributed by atoms with Gasteiger partial charge in [-0.25, -0.2) is 0 Å². The number of aldehydes is 2.